The molecule has 2 amide bonds. The highest BCUT2D eigenvalue weighted by Gasteiger charge is 2.29. The summed E-state index contributed by atoms with van der Waals surface area (Å²) in [6.07, 6.45) is 1.18. The highest BCUT2D eigenvalue weighted by molar-refractivity contribution is 7.91. The van der Waals surface area contributed by atoms with Gasteiger partial charge in [-0.15, -0.1) is 0 Å². The maximum absolute atomic E-state index is 11.7. The Labute approximate surface area is 119 Å². The zero-order valence-corrected chi connectivity index (χ0v) is 12.6. The van der Waals surface area contributed by atoms with Gasteiger partial charge in [-0.2, -0.15) is 0 Å². The van der Waals surface area contributed by atoms with E-state index in [2.05, 4.69) is 10.6 Å². The van der Waals surface area contributed by atoms with Crippen LogP contribution in [0.2, 0.25) is 0 Å². The predicted molar refractivity (Wildman–Crippen MR) is 74.2 cm³/mol. The average molecular weight is 306 g/mol. The molecule has 2 unspecified atom stereocenters. The van der Waals surface area contributed by atoms with Crippen molar-refractivity contribution in [1.82, 2.24) is 10.6 Å². The van der Waals surface area contributed by atoms with Crippen LogP contribution in [-0.2, 0) is 14.6 Å². The molecular weight excluding hydrogens is 284 g/mol. The number of nitrogens with one attached hydrogen (secondary N) is 2. The van der Waals surface area contributed by atoms with Crippen molar-refractivity contribution in [3.63, 3.8) is 0 Å². The lowest BCUT2D eigenvalue weighted by Crippen LogP contribution is -2.49. The molecular formula is C12H22N2O5S. The maximum atomic E-state index is 11.7. The second-order valence-corrected chi connectivity index (χ2v) is 7.55. The average Bonchev–Trinajstić information content (AvgIpc) is 2.72. The second kappa shape index (κ2) is 6.92. The lowest BCUT2D eigenvalue weighted by Gasteiger charge is -2.20. The topological polar surface area (TPSA) is 113 Å². The van der Waals surface area contributed by atoms with Crippen LogP contribution < -0.4 is 10.6 Å². The monoisotopic (exact) mass is 306 g/mol. The molecule has 1 heterocycles. The molecule has 0 saturated carbocycles. The number of urea groups is 1. The molecule has 116 valence electrons. The van der Waals surface area contributed by atoms with E-state index in [4.69, 9.17) is 5.11 Å². The van der Waals surface area contributed by atoms with Crippen molar-refractivity contribution in [1.29, 1.82) is 0 Å². The van der Waals surface area contributed by atoms with E-state index in [0.717, 1.165) is 0 Å². The summed E-state index contributed by atoms with van der Waals surface area (Å²) in [7, 11) is -2.96. The Kier molecular flexibility index (Phi) is 5.79. The minimum atomic E-state index is -2.96. The highest BCUT2D eigenvalue weighted by atomic mass is 32.2. The summed E-state index contributed by atoms with van der Waals surface area (Å²) in [4.78, 5) is 22.7. The first-order valence-electron chi connectivity index (χ1n) is 6.72. The molecule has 1 saturated heterocycles. The van der Waals surface area contributed by atoms with Crippen LogP contribution in [0.4, 0.5) is 4.79 Å². The first-order chi connectivity index (χ1) is 9.25. The molecule has 3 N–H and O–H groups in total. The van der Waals surface area contributed by atoms with E-state index in [1.54, 1.807) is 6.92 Å². The normalized spacial score (nSPS) is 23.8. The molecule has 1 rings (SSSR count). The summed E-state index contributed by atoms with van der Waals surface area (Å²) in [5.74, 6) is -1.09. The molecule has 0 aromatic rings. The Bertz CT molecular complexity index is 462. The minimum Gasteiger partial charge on any atom is -0.480 e. The van der Waals surface area contributed by atoms with Gasteiger partial charge in [-0.3, -0.25) is 0 Å². The molecule has 20 heavy (non-hydrogen) atoms. The number of aliphatic carboxylic acids is 1. The molecule has 7 nitrogen and oxygen atoms in total. The second-order valence-electron chi connectivity index (χ2n) is 5.32. The maximum Gasteiger partial charge on any atom is 0.326 e. The Morgan fingerprint density at radius 3 is 2.50 bits per heavy atom. The van der Waals surface area contributed by atoms with Crippen LogP contribution in [0, 0.1) is 11.8 Å². The zero-order valence-electron chi connectivity index (χ0n) is 11.8. The molecule has 1 aliphatic heterocycles. The van der Waals surface area contributed by atoms with Gasteiger partial charge in [-0.1, -0.05) is 20.3 Å². The molecule has 0 spiro atoms. The molecule has 0 aromatic carbocycles. The fraction of sp³-hybridized carbons (Fsp3) is 0.833. The van der Waals surface area contributed by atoms with E-state index in [9.17, 15) is 18.0 Å². The van der Waals surface area contributed by atoms with Crippen LogP contribution in [0.15, 0.2) is 0 Å². The standard InChI is InChI=1S/C12H22N2O5S/c1-3-8(2)10(11(15)16)14-12(17)13-6-9-4-5-20(18,19)7-9/h8-10H,3-7H2,1-2H3,(H,15,16)(H2,13,14,17)/t8?,9?,10-/m0/s1. The van der Waals surface area contributed by atoms with E-state index >= 15 is 0 Å². The van der Waals surface area contributed by atoms with Crippen LogP contribution in [-0.4, -0.2) is 49.6 Å². The van der Waals surface area contributed by atoms with Crippen molar-refractivity contribution in [3.05, 3.63) is 0 Å². The molecule has 3 atom stereocenters. The Morgan fingerprint density at radius 2 is 2.05 bits per heavy atom. The van der Waals surface area contributed by atoms with Gasteiger partial charge in [0.15, 0.2) is 9.84 Å². The molecule has 1 aliphatic rings. The van der Waals surface area contributed by atoms with Gasteiger partial charge in [-0.25, -0.2) is 18.0 Å². The van der Waals surface area contributed by atoms with Crippen molar-refractivity contribution >= 4 is 21.8 Å². The summed E-state index contributed by atoms with van der Waals surface area (Å²) < 4.78 is 22.5. The number of amides is 2. The van der Waals surface area contributed by atoms with Gasteiger partial charge >= 0.3 is 12.0 Å². The third kappa shape index (κ3) is 4.99. The van der Waals surface area contributed by atoms with Gasteiger partial charge in [0.1, 0.15) is 6.04 Å². The van der Waals surface area contributed by atoms with Crippen molar-refractivity contribution in [2.24, 2.45) is 11.8 Å². The third-order valence-corrected chi connectivity index (χ3v) is 5.48. The van der Waals surface area contributed by atoms with Gasteiger partial charge in [-0.05, 0) is 18.3 Å². The largest absolute Gasteiger partial charge is 0.480 e. The first kappa shape index (κ1) is 16.7. The number of carbonyl (C=O) groups excluding carboxylic acids is 1. The van der Waals surface area contributed by atoms with Crippen molar-refractivity contribution in [3.8, 4) is 0 Å². The van der Waals surface area contributed by atoms with Crippen LogP contribution in [0.5, 0.6) is 0 Å². The van der Waals surface area contributed by atoms with Crippen molar-refractivity contribution in [2.75, 3.05) is 18.1 Å². The number of carboxylic acid groups (broad SMARTS) is 1. The van der Waals surface area contributed by atoms with E-state index in [1.165, 1.54) is 0 Å². The molecule has 8 heteroatoms. The van der Waals surface area contributed by atoms with Crippen molar-refractivity contribution in [2.45, 2.75) is 32.7 Å². The van der Waals surface area contributed by atoms with Crippen molar-refractivity contribution < 1.29 is 23.1 Å². The lowest BCUT2D eigenvalue weighted by atomic mass is 9.99. The number of sulfone groups is 1. The summed E-state index contributed by atoms with van der Waals surface area (Å²) in [5.41, 5.74) is 0. The van der Waals surface area contributed by atoms with E-state index < -0.39 is 27.9 Å². The smallest absolute Gasteiger partial charge is 0.326 e. The first-order valence-corrected chi connectivity index (χ1v) is 8.55. The Morgan fingerprint density at radius 1 is 1.40 bits per heavy atom. The number of carbonyl (C=O) groups is 2. The zero-order chi connectivity index (χ0) is 15.3. The number of carboxylic acids is 1. The number of rotatable bonds is 6. The fourth-order valence-corrected chi connectivity index (χ4v) is 4.01. The quantitative estimate of drug-likeness (QED) is 0.650. The van der Waals surface area contributed by atoms with Crippen LogP contribution in [0.3, 0.4) is 0 Å². The Balaban J connectivity index is 2.41. The summed E-state index contributed by atoms with van der Waals surface area (Å²) in [6, 6.07) is -1.51. The minimum absolute atomic E-state index is 0.0843. The van der Waals surface area contributed by atoms with Gasteiger partial charge in [0, 0.05) is 6.54 Å². The van der Waals surface area contributed by atoms with Crippen LogP contribution in [0.1, 0.15) is 26.7 Å². The van der Waals surface area contributed by atoms with Gasteiger partial charge in [0.25, 0.3) is 0 Å². The molecule has 0 aromatic heterocycles. The highest BCUT2D eigenvalue weighted by Crippen LogP contribution is 2.17. The SMILES string of the molecule is CCC(C)[C@H](NC(=O)NCC1CCS(=O)(=O)C1)C(=O)O. The molecule has 0 radical (unpaired) electrons. The van der Waals surface area contributed by atoms with Gasteiger partial charge in [0.2, 0.25) is 0 Å². The van der Waals surface area contributed by atoms with E-state index in [0.29, 0.717) is 12.8 Å². The summed E-state index contributed by atoms with van der Waals surface area (Å²) >= 11 is 0. The van der Waals surface area contributed by atoms with Gasteiger partial charge < -0.3 is 15.7 Å². The number of hydrogen-bond acceptors (Lipinski definition) is 4. The summed E-state index contributed by atoms with van der Waals surface area (Å²) in [6.45, 7) is 3.85. The summed E-state index contributed by atoms with van der Waals surface area (Å²) in [5, 5.41) is 14.0. The van der Waals surface area contributed by atoms with E-state index in [-0.39, 0.29) is 29.9 Å². The molecule has 1 fully saturated rings. The molecule has 0 bridgehead atoms. The van der Waals surface area contributed by atoms with E-state index in [1.807, 2.05) is 6.92 Å². The van der Waals surface area contributed by atoms with Crippen LogP contribution in [0.25, 0.3) is 0 Å². The Hall–Kier alpha value is -1.31. The lowest BCUT2D eigenvalue weighted by molar-refractivity contribution is -0.140. The molecule has 0 aliphatic carbocycles. The van der Waals surface area contributed by atoms with Gasteiger partial charge in [0.05, 0.1) is 11.5 Å². The fourth-order valence-electron chi connectivity index (χ4n) is 2.15. The number of hydrogen-bond donors (Lipinski definition) is 3. The predicted octanol–water partition coefficient (Wildman–Crippen LogP) is 0.220. The van der Waals surface area contributed by atoms with Crippen LogP contribution >= 0.6 is 0 Å². The third-order valence-electron chi connectivity index (χ3n) is 3.64.